The van der Waals surface area contributed by atoms with Crippen LogP contribution in [0, 0.1) is 5.82 Å². The number of halogens is 1. The summed E-state index contributed by atoms with van der Waals surface area (Å²) in [5.74, 6) is -1.10. The third-order valence-corrected chi connectivity index (χ3v) is 4.15. The SMILES string of the molecule is CN(C)CCO.O=C(OCc1ccccc1)c1cc(-c2ccc(F)cc2)ccc1O. The number of benzene rings is 3. The van der Waals surface area contributed by atoms with Crippen molar-refractivity contribution in [1.29, 1.82) is 0 Å². The van der Waals surface area contributed by atoms with Gasteiger partial charge < -0.3 is 19.8 Å². The van der Waals surface area contributed by atoms with Crippen LogP contribution in [0.15, 0.2) is 72.8 Å². The molecule has 0 saturated carbocycles. The molecular weight excluding hydrogens is 385 g/mol. The molecule has 0 aromatic heterocycles. The molecule has 0 bridgehead atoms. The Morgan fingerprint density at radius 1 is 0.967 bits per heavy atom. The Hall–Kier alpha value is -3.22. The summed E-state index contributed by atoms with van der Waals surface area (Å²) in [6.07, 6.45) is 0. The number of phenols is 1. The van der Waals surface area contributed by atoms with Crippen molar-refractivity contribution in [2.24, 2.45) is 0 Å². The van der Waals surface area contributed by atoms with Gasteiger partial charge in [-0.25, -0.2) is 9.18 Å². The summed E-state index contributed by atoms with van der Waals surface area (Å²) in [5, 5.41) is 18.1. The molecule has 0 unspecified atom stereocenters. The van der Waals surface area contributed by atoms with Gasteiger partial charge in [-0.05, 0) is 55.1 Å². The molecule has 0 spiro atoms. The average molecular weight is 411 g/mol. The van der Waals surface area contributed by atoms with Gasteiger partial charge in [-0.3, -0.25) is 0 Å². The van der Waals surface area contributed by atoms with E-state index >= 15 is 0 Å². The summed E-state index contributed by atoms with van der Waals surface area (Å²) in [7, 11) is 3.85. The first-order chi connectivity index (χ1) is 14.4. The van der Waals surface area contributed by atoms with E-state index in [2.05, 4.69) is 0 Å². The monoisotopic (exact) mass is 411 g/mol. The molecule has 0 aliphatic rings. The number of esters is 1. The zero-order valence-corrected chi connectivity index (χ0v) is 17.1. The Balaban J connectivity index is 0.000000469. The van der Waals surface area contributed by atoms with Gasteiger partial charge in [0.2, 0.25) is 0 Å². The summed E-state index contributed by atoms with van der Waals surface area (Å²) in [6.45, 7) is 1.15. The fourth-order valence-corrected chi connectivity index (χ4v) is 2.52. The first kappa shape index (κ1) is 23.1. The minimum atomic E-state index is -0.611. The van der Waals surface area contributed by atoms with Gasteiger partial charge in [-0.1, -0.05) is 48.5 Å². The number of likely N-dealkylation sites (N-methyl/N-ethyl adjacent to an activating group) is 1. The van der Waals surface area contributed by atoms with Crippen molar-refractivity contribution >= 4 is 5.97 Å². The van der Waals surface area contributed by atoms with E-state index in [9.17, 15) is 14.3 Å². The fourth-order valence-electron chi connectivity index (χ4n) is 2.52. The van der Waals surface area contributed by atoms with E-state index in [1.807, 2.05) is 49.3 Å². The Labute approximate surface area is 176 Å². The topological polar surface area (TPSA) is 70.0 Å². The van der Waals surface area contributed by atoms with Gasteiger partial charge in [-0.2, -0.15) is 0 Å². The van der Waals surface area contributed by atoms with Crippen LogP contribution in [0.25, 0.3) is 11.1 Å². The van der Waals surface area contributed by atoms with Gasteiger partial charge in [0.25, 0.3) is 0 Å². The number of carbonyl (C=O) groups excluding carboxylic acids is 1. The standard InChI is InChI=1S/C20H15FO3.C4H11NO/c21-17-9-6-15(7-10-17)16-8-11-19(22)18(12-16)20(23)24-13-14-4-2-1-3-5-14;1-5(2)3-4-6/h1-12,22H,13H2;6H,3-4H2,1-2H3. The number of hydrogen-bond acceptors (Lipinski definition) is 5. The maximum Gasteiger partial charge on any atom is 0.342 e. The molecular formula is C24H26FNO4. The summed E-state index contributed by atoms with van der Waals surface area (Å²) in [6, 6.07) is 19.8. The highest BCUT2D eigenvalue weighted by atomic mass is 19.1. The first-order valence-corrected chi connectivity index (χ1v) is 9.46. The third kappa shape index (κ3) is 7.31. The molecule has 3 aromatic carbocycles. The molecule has 5 nitrogen and oxygen atoms in total. The lowest BCUT2D eigenvalue weighted by Gasteiger charge is -2.09. The van der Waals surface area contributed by atoms with E-state index in [4.69, 9.17) is 9.84 Å². The smallest absolute Gasteiger partial charge is 0.342 e. The van der Waals surface area contributed by atoms with Gasteiger partial charge >= 0.3 is 5.97 Å². The molecule has 0 aliphatic heterocycles. The van der Waals surface area contributed by atoms with Crippen LogP contribution >= 0.6 is 0 Å². The zero-order chi connectivity index (χ0) is 21.9. The summed E-state index contributed by atoms with van der Waals surface area (Å²) in [4.78, 5) is 14.2. The fraction of sp³-hybridized carbons (Fsp3) is 0.208. The second kappa shape index (κ2) is 11.7. The summed E-state index contributed by atoms with van der Waals surface area (Å²) in [5.41, 5.74) is 2.38. The Kier molecular flexibility index (Phi) is 9.00. The Morgan fingerprint density at radius 2 is 1.60 bits per heavy atom. The lowest BCUT2D eigenvalue weighted by molar-refractivity contribution is 0.0469. The summed E-state index contributed by atoms with van der Waals surface area (Å²) >= 11 is 0. The molecule has 158 valence electrons. The first-order valence-electron chi connectivity index (χ1n) is 9.46. The third-order valence-electron chi connectivity index (χ3n) is 4.15. The number of hydrogen-bond donors (Lipinski definition) is 2. The van der Waals surface area contributed by atoms with E-state index in [0.29, 0.717) is 5.56 Å². The van der Waals surface area contributed by atoms with Crippen molar-refractivity contribution in [3.05, 3.63) is 89.7 Å². The predicted octanol–water partition coefficient (Wildman–Crippen LogP) is 4.10. The molecule has 3 aromatic rings. The number of ether oxygens (including phenoxy) is 1. The van der Waals surface area contributed by atoms with E-state index in [-0.39, 0.29) is 30.3 Å². The highest BCUT2D eigenvalue weighted by Gasteiger charge is 2.14. The summed E-state index contributed by atoms with van der Waals surface area (Å²) < 4.78 is 18.3. The van der Waals surface area contributed by atoms with Gasteiger partial charge in [0.1, 0.15) is 23.7 Å². The van der Waals surface area contributed by atoms with Crippen molar-refractivity contribution < 1.29 is 24.1 Å². The lowest BCUT2D eigenvalue weighted by atomic mass is 10.0. The minimum Gasteiger partial charge on any atom is -0.507 e. The predicted molar refractivity (Wildman–Crippen MR) is 115 cm³/mol. The second-order valence-electron chi connectivity index (χ2n) is 6.83. The van der Waals surface area contributed by atoms with Crippen molar-refractivity contribution in [1.82, 2.24) is 4.90 Å². The normalized spacial score (nSPS) is 10.3. The largest absolute Gasteiger partial charge is 0.507 e. The van der Waals surface area contributed by atoms with Gasteiger partial charge in [0, 0.05) is 6.54 Å². The van der Waals surface area contributed by atoms with E-state index < -0.39 is 5.97 Å². The van der Waals surface area contributed by atoms with Crippen LogP contribution in [0.4, 0.5) is 4.39 Å². The van der Waals surface area contributed by atoms with Crippen LogP contribution in [0.3, 0.4) is 0 Å². The van der Waals surface area contributed by atoms with Crippen LogP contribution in [0.1, 0.15) is 15.9 Å². The van der Waals surface area contributed by atoms with Gasteiger partial charge in [0.15, 0.2) is 0 Å². The Bertz CT molecular complexity index is 928. The van der Waals surface area contributed by atoms with Crippen molar-refractivity contribution in [2.45, 2.75) is 6.61 Å². The van der Waals surface area contributed by atoms with Crippen LogP contribution in [-0.2, 0) is 11.3 Å². The van der Waals surface area contributed by atoms with Crippen molar-refractivity contribution in [3.63, 3.8) is 0 Å². The number of rotatable bonds is 6. The van der Waals surface area contributed by atoms with Crippen molar-refractivity contribution in [2.75, 3.05) is 27.2 Å². The molecule has 3 rings (SSSR count). The molecule has 2 N–H and O–H groups in total. The van der Waals surface area contributed by atoms with E-state index in [1.54, 1.807) is 18.2 Å². The molecule has 0 radical (unpaired) electrons. The van der Waals surface area contributed by atoms with E-state index in [0.717, 1.165) is 17.7 Å². The minimum absolute atomic E-state index is 0.0766. The molecule has 0 heterocycles. The van der Waals surface area contributed by atoms with Gasteiger partial charge in [-0.15, -0.1) is 0 Å². The van der Waals surface area contributed by atoms with Gasteiger partial charge in [0.05, 0.1) is 6.61 Å². The molecule has 0 amide bonds. The molecule has 6 heteroatoms. The zero-order valence-electron chi connectivity index (χ0n) is 17.1. The number of aliphatic hydroxyl groups is 1. The number of phenolic OH excluding ortho intramolecular Hbond substituents is 1. The number of aliphatic hydroxyl groups excluding tert-OH is 1. The van der Waals surface area contributed by atoms with Crippen LogP contribution in [0.2, 0.25) is 0 Å². The maximum absolute atomic E-state index is 13.0. The van der Waals surface area contributed by atoms with Crippen molar-refractivity contribution in [3.8, 4) is 16.9 Å². The van der Waals surface area contributed by atoms with Crippen LogP contribution in [0.5, 0.6) is 5.75 Å². The molecule has 0 fully saturated rings. The molecule has 30 heavy (non-hydrogen) atoms. The molecule has 0 saturated heterocycles. The maximum atomic E-state index is 13.0. The average Bonchev–Trinajstić information content (AvgIpc) is 2.74. The molecule has 0 atom stereocenters. The number of carbonyl (C=O) groups is 1. The number of nitrogens with zero attached hydrogens (tertiary/aromatic N) is 1. The van der Waals surface area contributed by atoms with E-state index in [1.165, 1.54) is 24.3 Å². The quantitative estimate of drug-likeness (QED) is 0.598. The highest BCUT2D eigenvalue weighted by molar-refractivity contribution is 5.94. The second-order valence-corrected chi connectivity index (χ2v) is 6.83. The highest BCUT2D eigenvalue weighted by Crippen LogP contribution is 2.27. The number of aromatic hydroxyl groups is 1. The van der Waals surface area contributed by atoms with Crippen LogP contribution < -0.4 is 0 Å². The lowest BCUT2D eigenvalue weighted by Crippen LogP contribution is -2.15. The Morgan fingerprint density at radius 3 is 2.17 bits per heavy atom. The van der Waals surface area contributed by atoms with Crippen LogP contribution in [-0.4, -0.2) is 48.3 Å². The molecule has 0 aliphatic carbocycles.